The second-order valence-corrected chi connectivity index (χ2v) is 6.39. The van der Waals surface area contributed by atoms with Crippen LogP contribution < -0.4 is 0 Å². The molecule has 2 unspecified atom stereocenters. The van der Waals surface area contributed by atoms with Crippen LogP contribution in [0.5, 0.6) is 0 Å². The zero-order valence-corrected chi connectivity index (χ0v) is 15.3. The van der Waals surface area contributed by atoms with Crippen LogP contribution in [0, 0.1) is 17.8 Å². The number of aliphatic hydroxyl groups is 1. The van der Waals surface area contributed by atoms with E-state index in [1.807, 2.05) is 0 Å². The molecule has 0 saturated heterocycles. The number of carboxylic acid groups (broad SMARTS) is 1. The number of carbonyl (C=O) groups is 2. The first-order chi connectivity index (χ1) is 12.0. The summed E-state index contributed by atoms with van der Waals surface area (Å²) in [5.74, 6) is 4.26. The van der Waals surface area contributed by atoms with Gasteiger partial charge < -0.3 is 10.2 Å². The maximum absolute atomic E-state index is 12.1. The van der Waals surface area contributed by atoms with Crippen molar-refractivity contribution in [3.63, 3.8) is 0 Å². The van der Waals surface area contributed by atoms with E-state index in [0.717, 1.165) is 19.3 Å². The molecule has 0 saturated carbocycles. The summed E-state index contributed by atoms with van der Waals surface area (Å²) in [6.45, 7) is 2.11. The normalized spacial score (nSPS) is 19.8. The minimum absolute atomic E-state index is 0.0822. The lowest BCUT2D eigenvalue weighted by molar-refractivity contribution is -0.137. The summed E-state index contributed by atoms with van der Waals surface area (Å²) in [6.07, 6.45) is 11.0. The highest BCUT2D eigenvalue weighted by Crippen LogP contribution is 2.30. The number of hydrogen-bond acceptors (Lipinski definition) is 3. The van der Waals surface area contributed by atoms with E-state index in [9.17, 15) is 14.7 Å². The molecule has 0 bridgehead atoms. The van der Waals surface area contributed by atoms with Crippen molar-refractivity contribution in [3.8, 4) is 11.8 Å². The Morgan fingerprint density at radius 3 is 2.84 bits per heavy atom. The SMILES string of the molecule is CCCCCC(O)/C=C/C1C=C(Cl)C(=O)/C1=C\C#CCCCC(=O)O. The molecule has 0 heterocycles. The van der Waals surface area contributed by atoms with Gasteiger partial charge in [-0.25, -0.2) is 0 Å². The number of halogens is 1. The molecule has 136 valence electrons. The molecule has 0 aliphatic heterocycles. The molecule has 0 aromatic rings. The predicted molar refractivity (Wildman–Crippen MR) is 99.1 cm³/mol. The number of Topliss-reactive ketones (excluding diaryl/α,β-unsaturated/α-hetero) is 1. The van der Waals surface area contributed by atoms with Gasteiger partial charge in [-0.15, -0.1) is 0 Å². The first-order valence-electron chi connectivity index (χ1n) is 8.64. The van der Waals surface area contributed by atoms with Gasteiger partial charge in [0.05, 0.1) is 11.1 Å². The molecule has 1 aliphatic rings. The summed E-state index contributed by atoms with van der Waals surface area (Å²) < 4.78 is 0. The standard InChI is InChI=1S/C20H25ClO4/c1-2-3-6-9-16(22)13-12-15-14-18(21)20(25)17(15)10-7-4-5-8-11-19(23)24/h10,12-16,22H,2-3,5-6,8-9,11H2,1H3,(H,23,24)/b13-12+,17-10-. The van der Waals surface area contributed by atoms with Crippen LogP contribution in [0.3, 0.4) is 0 Å². The lowest BCUT2D eigenvalue weighted by Gasteiger charge is -2.07. The number of hydrogen-bond donors (Lipinski definition) is 2. The maximum Gasteiger partial charge on any atom is 0.303 e. The molecule has 0 fully saturated rings. The zero-order valence-electron chi connectivity index (χ0n) is 14.5. The number of rotatable bonds is 9. The fourth-order valence-corrected chi connectivity index (χ4v) is 2.65. The van der Waals surface area contributed by atoms with Crippen molar-refractivity contribution in [2.24, 2.45) is 5.92 Å². The number of allylic oxidation sites excluding steroid dienone is 5. The summed E-state index contributed by atoms with van der Waals surface area (Å²) in [4.78, 5) is 22.5. The minimum Gasteiger partial charge on any atom is -0.481 e. The minimum atomic E-state index is -0.843. The van der Waals surface area contributed by atoms with Gasteiger partial charge in [-0.1, -0.05) is 67.9 Å². The van der Waals surface area contributed by atoms with Crippen molar-refractivity contribution in [1.29, 1.82) is 0 Å². The molecule has 5 heteroatoms. The molecular formula is C20H25ClO4. The second-order valence-electron chi connectivity index (χ2n) is 5.99. The topological polar surface area (TPSA) is 74.6 Å². The van der Waals surface area contributed by atoms with Crippen LogP contribution in [0.25, 0.3) is 0 Å². The van der Waals surface area contributed by atoms with Gasteiger partial charge in [0.25, 0.3) is 0 Å². The Morgan fingerprint density at radius 1 is 1.40 bits per heavy atom. The molecule has 0 amide bonds. The Bertz CT molecular complexity index is 619. The average molecular weight is 365 g/mol. The third-order valence-corrected chi connectivity index (χ3v) is 4.13. The molecule has 2 atom stereocenters. The van der Waals surface area contributed by atoms with Gasteiger partial charge in [-0.05, 0) is 18.9 Å². The summed E-state index contributed by atoms with van der Waals surface area (Å²) in [6, 6.07) is 0. The zero-order chi connectivity index (χ0) is 18.7. The van der Waals surface area contributed by atoms with Crippen LogP contribution in [0.15, 0.2) is 34.9 Å². The van der Waals surface area contributed by atoms with Crippen molar-refractivity contribution >= 4 is 23.4 Å². The predicted octanol–water partition coefficient (Wildman–Crippen LogP) is 3.99. The molecule has 4 nitrogen and oxygen atoms in total. The van der Waals surface area contributed by atoms with Crippen LogP contribution in [-0.2, 0) is 9.59 Å². The Balaban J connectivity index is 2.64. The first kappa shape index (κ1) is 21.2. The highest BCUT2D eigenvalue weighted by molar-refractivity contribution is 6.46. The number of ketones is 1. The van der Waals surface area contributed by atoms with Gasteiger partial charge in [0.1, 0.15) is 0 Å². The Kier molecular flexibility index (Phi) is 9.91. The number of carbonyl (C=O) groups excluding carboxylic acids is 1. The van der Waals surface area contributed by atoms with E-state index in [1.54, 1.807) is 18.2 Å². The number of carboxylic acids is 1. The van der Waals surface area contributed by atoms with Crippen LogP contribution in [0.2, 0.25) is 0 Å². The summed E-state index contributed by atoms with van der Waals surface area (Å²) in [7, 11) is 0. The van der Waals surface area contributed by atoms with Gasteiger partial charge in [-0.2, -0.15) is 0 Å². The molecular weight excluding hydrogens is 340 g/mol. The third-order valence-electron chi connectivity index (χ3n) is 3.83. The number of aliphatic hydroxyl groups excluding tert-OH is 1. The third kappa shape index (κ3) is 8.20. The molecule has 25 heavy (non-hydrogen) atoms. The largest absolute Gasteiger partial charge is 0.481 e. The van der Waals surface area contributed by atoms with E-state index in [4.69, 9.17) is 16.7 Å². The van der Waals surface area contributed by atoms with Gasteiger partial charge in [-0.3, -0.25) is 9.59 Å². The van der Waals surface area contributed by atoms with Gasteiger partial charge in [0.2, 0.25) is 5.78 Å². The van der Waals surface area contributed by atoms with E-state index in [2.05, 4.69) is 18.8 Å². The maximum atomic E-state index is 12.1. The number of aliphatic carboxylic acids is 1. The van der Waals surface area contributed by atoms with Crippen LogP contribution in [-0.4, -0.2) is 28.1 Å². The smallest absolute Gasteiger partial charge is 0.303 e. The fraction of sp³-hybridized carbons (Fsp3) is 0.500. The molecule has 0 aromatic heterocycles. The summed E-state index contributed by atoms with van der Waals surface area (Å²) >= 11 is 5.93. The highest BCUT2D eigenvalue weighted by Gasteiger charge is 2.27. The fourth-order valence-electron chi connectivity index (χ4n) is 2.41. The van der Waals surface area contributed by atoms with E-state index >= 15 is 0 Å². The molecule has 0 spiro atoms. The van der Waals surface area contributed by atoms with Crippen molar-refractivity contribution in [2.75, 3.05) is 0 Å². The summed E-state index contributed by atoms with van der Waals surface area (Å²) in [5.41, 5.74) is 0.479. The van der Waals surface area contributed by atoms with Crippen LogP contribution in [0.4, 0.5) is 0 Å². The molecule has 0 aromatic carbocycles. The lowest BCUT2D eigenvalue weighted by atomic mass is 9.99. The molecule has 2 N–H and O–H groups in total. The van der Waals surface area contributed by atoms with Gasteiger partial charge in [0.15, 0.2) is 0 Å². The van der Waals surface area contributed by atoms with Gasteiger partial charge in [0, 0.05) is 24.3 Å². The van der Waals surface area contributed by atoms with E-state index in [-0.39, 0.29) is 23.2 Å². The highest BCUT2D eigenvalue weighted by atomic mass is 35.5. The second kappa shape index (κ2) is 11.7. The van der Waals surface area contributed by atoms with Crippen molar-refractivity contribution in [3.05, 3.63) is 34.9 Å². The molecule has 1 rings (SSSR count). The van der Waals surface area contributed by atoms with E-state index < -0.39 is 12.1 Å². The van der Waals surface area contributed by atoms with Crippen molar-refractivity contribution < 1.29 is 19.8 Å². The molecule has 1 aliphatic carbocycles. The first-order valence-corrected chi connectivity index (χ1v) is 9.02. The van der Waals surface area contributed by atoms with Crippen molar-refractivity contribution in [1.82, 2.24) is 0 Å². The molecule has 0 radical (unpaired) electrons. The summed E-state index contributed by atoms with van der Waals surface area (Å²) in [5, 5.41) is 18.7. The van der Waals surface area contributed by atoms with E-state index in [0.29, 0.717) is 24.8 Å². The number of unbranched alkanes of at least 4 members (excludes halogenated alkanes) is 3. The van der Waals surface area contributed by atoms with Crippen LogP contribution in [0.1, 0.15) is 51.9 Å². The Morgan fingerprint density at radius 2 is 2.16 bits per heavy atom. The van der Waals surface area contributed by atoms with Gasteiger partial charge >= 0.3 is 5.97 Å². The lowest BCUT2D eigenvalue weighted by Crippen LogP contribution is -2.05. The monoisotopic (exact) mass is 364 g/mol. The van der Waals surface area contributed by atoms with Crippen molar-refractivity contribution in [2.45, 2.75) is 58.0 Å². The Hall–Kier alpha value is -1.83. The average Bonchev–Trinajstić information content (AvgIpc) is 2.83. The Labute approximate surface area is 154 Å². The van der Waals surface area contributed by atoms with Crippen LogP contribution >= 0.6 is 11.6 Å². The van der Waals surface area contributed by atoms with E-state index in [1.165, 1.54) is 6.08 Å². The quantitative estimate of drug-likeness (QED) is 0.281.